The Labute approximate surface area is 202 Å². The summed E-state index contributed by atoms with van der Waals surface area (Å²) in [4.78, 5) is 9.69. The summed E-state index contributed by atoms with van der Waals surface area (Å²) in [5.41, 5.74) is 7.38. The van der Waals surface area contributed by atoms with Gasteiger partial charge in [0.1, 0.15) is 5.82 Å². The predicted molar refractivity (Wildman–Crippen MR) is 131 cm³/mol. The first-order valence-electron chi connectivity index (χ1n) is 11.9. The van der Waals surface area contributed by atoms with Gasteiger partial charge in [-0.2, -0.15) is 5.10 Å². The second-order valence-corrected chi connectivity index (χ2v) is 9.93. The third-order valence-electron chi connectivity index (χ3n) is 7.09. The van der Waals surface area contributed by atoms with Crippen molar-refractivity contribution in [2.45, 2.75) is 57.6 Å². The van der Waals surface area contributed by atoms with Gasteiger partial charge in [-0.25, -0.2) is 14.4 Å². The number of rotatable bonds is 4. The largest absolute Gasteiger partial charge is 0.373 e. The van der Waals surface area contributed by atoms with Gasteiger partial charge in [0.15, 0.2) is 0 Å². The van der Waals surface area contributed by atoms with Crippen molar-refractivity contribution in [2.75, 3.05) is 6.61 Å². The second-order valence-electron chi connectivity index (χ2n) is 9.52. The van der Waals surface area contributed by atoms with Gasteiger partial charge in [0.2, 0.25) is 0 Å². The maximum Gasteiger partial charge on any atom is 0.124 e. The zero-order chi connectivity index (χ0) is 23.4. The smallest absolute Gasteiger partial charge is 0.124 e. The molecule has 1 saturated carbocycles. The average Bonchev–Trinajstić information content (AvgIpc) is 3.56. The van der Waals surface area contributed by atoms with Crippen LogP contribution < -0.4 is 0 Å². The van der Waals surface area contributed by atoms with Gasteiger partial charge >= 0.3 is 0 Å². The number of aromatic nitrogens is 4. The van der Waals surface area contributed by atoms with E-state index in [2.05, 4.69) is 28.1 Å². The lowest BCUT2D eigenvalue weighted by Crippen LogP contribution is -2.18. The number of hydrogen-bond acceptors (Lipinski definition) is 4. The fourth-order valence-corrected chi connectivity index (χ4v) is 5.16. The summed E-state index contributed by atoms with van der Waals surface area (Å²) in [6.45, 7) is 4.62. The van der Waals surface area contributed by atoms with E-state index < -0.39 is 0 Å². The van der Waals surface area contributed by atoms with Crippen molar-refractivity contribution < 1.29 is 9.13 Å². The summed E-state index contributed by atoms with van der Waals surface area (Å²) in [6.07, 6.45) is 8.33. The molecule has 2 aromatic heterocycles. The molecule has 0 radical (unpaired) electrons. The van der Waals surface area contributed by atoms with Crippen molar-refractivity contribution in [3.8, 4) is 11.1 Å². The summed E-state index contributed by atoms with van der Waals surface area (Å²) in [7, 11) is 0. The van der Waals surface area contributed by atoms with Crippen LogP contribution in [-0.2, 0) is 4.74 Å². The van der Waals surface area contributed by atoms with Crippen molar-refractivity contribution >= 4 is 22.6 Å². The van der Waals surface area contributed by atoms with Gasteiger partial charge < -0.3 is 4.74 Å². The van der Waals surface area contributed by atoms with Crippen LogP contribution in [0, 0.1) is 19.7 Å². The number of fused-ring (bicyclic) bond motifs is 1. The van der Waals surface area contributed by atoms with Crippen LogP contribution in [-0.4, -0.2) is 26.4 Å². The Hall–Kier alpha value is -2.83. The van der Waals surface area contributed by atoms with E-state index in [1.807, 2.05) is 20.0 Å². The summed E-state index contributed by atoms with van der Waals surface area (Å²) in [5, 5.41) is 4.92. The molecule has 0 bridgehead atoms. The summed E-state index contributed by atoms with van der Waals surface area (Å²) < 4.78 is 22.0. The van der Waals surface area contributed by atoms with Gasteiger partial charge in [-0.05, 0) is 81.3 Å². The topological polar surface area (TPSA) is 52.8 Å². The van der Waals surface area contributed by atoms with Crippen LogP contribution in [0.2, 0.25) is 5.02 Å². The molecule has 34 heavy (non-hydrogen) atoms. The van der Waals surface area contributed by atoms with Crippen molar-refractivity contribution in [3.05, 3.63) is 76.1 Å². The molecular weight excluding hydrogens is 451 g/mol. The molecule has 2 unspecified atom stereocenters. The Morgan fingerprint density at radius 3 is 2.62 bits per heavy atom. The molecule has 0 N–H and O–H groups in total. The summed E-state index contributed by atoms with van der Waals surface area (Å²) >= 11 is 6.49. The fraction of sp³-hybridized carbons (Fsp3) is 0.370. The molecule has 2 fully saturated rings. The molecule has 0 spiro atoms. The van der Waals surface area contributed by atoms with Crippen molar-refractivity contribution in [2.24, 2.45) is 0 Å². The molecule has 3 heterocycles. The molecule has 174 valence electrons. The SMILES string of the molecule is Cc1nc2cc(C3CCOC(c4cnn(C5CC5)c4)C3)cc(-c3ccc(F)cc3Cl)c2nc1C. The van der Waals surface area contributed by atoms with Gasteiger partial charge in [0.05, 0.1) is 45.8 Å². The zero-order valence-corrected chi connectivity index (χ0v) is 20.0. The van der Waals surface area contributed by atoms with Crippen LogP contribution in [0.4, 0.5) is 4.39 Å². The molecule has 7 heteroatoms. The van der Waals surface area contributed by atoms with E-state index in [4.69, 9.17) is 26.3 Å². The molecule has 2 atom stereocenters. The standard InChI is InChI=1S/C27H26ClFN4O/c1-15-16(2)32-27-23(22-6-3-20(29)12-24(22)28)9-18(10-25(27)31-15)17-7-8-34-26(11-17)19-13-30-33(14-19)21-4-5-21/h3,6,9-10,12-14,17,21,26H,4-5,7-8,11H2,1-2H3. The zero-order valence-electron chi connectivity index (χ0n) is 19.3. The van der Waals surface area contributed by atoms with E-state index in [1.54, 1.807) is 6.07 Å². The van der Waals surface area contributed by atoms with Crippen LogP contribution in [0.3, 0.4) is 0 Å². The quantitative estimate of drug-likeness (QED) is 0.322. The highest BCUT2D eigenvalue weighted by Crippen LogP contribution is 2.42. The Morgan fingerprint density at radius 2 is 1.82 bits per heavy atom. The van der Waals surface area contributed by atoms with E-state index >= 15 is 0 Å². The lowest BCUT2D eigenvalue weighted by molar-refractivity contribution is 0.00524. The van der Waals surface area contributed by atoms with Crippen molar-refractivity contribution in [1.29, 1.82) is 0 Å². The van der Waals surface area contributed by atoms with Gasteiger partial charge in [0.25, 0.3) is 0 Å². The second kappa shape index (κ2) is 8.43. The summed E-state index contributed by atoms with van der Waals surface area (Å²) in [6, 6.07) is 9.39. The lowest BCUT2D eigenvalue weighted by Gasteiger charge is -2.30. The number of benzene rings is 2. The number of aryl methyl sites for hydroxylation is 2. The van der Waals surface area contributed by atoms with E-state index in [1.165, 1.54) is 30.5 Å². The highest BCUT2D eigenvalue weighted by molar-refractivity contribution is 6.33. The van der Waals surface area contributed by atoms with Crippen LogP contribution >= 0.6 is 11.6 Å². The van der Waals surface area contributed by atoms with Crippen LogP contribution in [0.1, 0.15) is 66.3 Å². The minimum Gasteiger partial charge on any atom is -0.373 e. The van der Waals surface area contributed by atoms with Crippen LogP contribution in [0.5, 0.6) is 0 Å². The minimum atomic E-state index is -0.355. The van der Waals surface area contributed by atoms with Crippen LogP contribution in [0.15, 0.2) is 42.7 Å². The van der Waals surface area contributed by atoms with E-state index in [0.29, 0.717) is 23.6 Å². The first-order chi connectivity index (χ1) is 16.5. The molecule has 0 amide bonds. The van der Waals surface area contributed by atoms with Gasteiger partial charge in [-0.15, -0.1) is 0 Å². The van der Waals surface area contributed by atoms with Gasteiger partial charge in [-0.3, -0.25) is 4.68 Å². The molecule has 1 aliphatic heterocycles. The third-order valence-corrected chi connectivity index (χ3v) is 7.41. The molecule has 6 rings (SSSR count). The molecular formula is C27H26ClFN4O. The first-order valence-corrected chi connectivity index (χ1v) is 12.2. The minimum absolute atomic E-state index is 0.0191. The maximum absolute atomic E-state index is 13.8. The molecule has 2 aromatic carbocycles. The van der Waals surface area contributed by atoms with Gasteiger partial charge in [0, 0.05) is 29.5 Å². The predicted octanol–water partition coefficient (Wildman–Crippen LogP) is 6.87. The fourth-order valence-electron chi connectivity index (χ4n) is 4.89. The van der Waals surface area contributed by atoms with Gasteiger partial charge in [-0.1, -0.05) is 11.6 Å². The average molecular weight is 477 g/mol. The van der Waals surface area contributed by atoms with E-state index in [0.717, 1.165) is 52.0 Å². The normalized spacial score (nSPS) is 20.7. The highest BCUT2D eigenvalue weighted by atomic mass is 35.5. The first kappa shape index (κ1) is 21.7. The molecule has 2 aliphatic rings. The van der Waals surface area contributed by atoms with Crippen molar-refractivity contribution in [1.82, 2.24) is 19.7 Å². The number of hydrogen-bond donors (Lipinski definition) is 0. The number of nitrogens with zero attached hydrogens (tertiary/aromatic N) is 4. The monoisotopic (exact) mass is 476 g/mol. The Balaban J connectivity index is 1.41. The molecule has 4 aromatic rings. The Morgan fingerprint density at radius 1 is 1.00 bits per heavy atom. The third kappa shape index (κ3) is 3.99. The number of halogens is 2. The lowest BCUT2D eigenvalue weighted by atomic mass is 9.85. The van der Waals surface area contributed by atoms with Crippen LogP contribution in [0.25, 0.3) is 22.2 Å². The highest BCUT2D eigenvalue weighted by Gasteiger charge is 2.29. The number of ether oxygens (including phenoxy) is 1. The molecule has 1 aliphatic carbocycles. The Kier molecular flexibility index (Phi) is 5.38. The van der Waals surface area contributed by atoms with E-state index in [9.17, 15) is 4.39 Å². The maximum atomic E-state index is 13.8. The van der Waals surface area contributed by atoms with Crippen molar-refractivity contribution in [3.63, 3.8) is 0 Å². The Bertz CT molecular complexity index is 1400. The molecule has 5 nitrogen and oxygen atoms in total. The van der Waals surface area contributed by atoms with E-state index in [-0.39, 0.29) is 11.9 Å². The molecule has 1 saturated heterocycles. The summed E-state index contributed by atoms with van der Waals surface area (Å²) in [5.74, 6) is -0.0554.